The smallest absolute Gasteiger partial charge is 0.183 e. The van der Waals surface area contributed by atoms with Crippen LogP contribution in [-0.2, 0) is 0 Å². The average Bonchev–Trinajstić information content (AvgIpc) is 2.82. The van der Waals surface area contributed by atoms with Gasteiger partial charge in [-0.05, 0) is 12.5 Å². The minimum atomic E-state index is 0.984. The monoisotopic (exact) mass is 257 g/mol. The molecule has 0 atom stereocenters. The third-order valence-corrected chi connectivity index (χ3v) is 4.00. The van der Waals surface area contributed by atoms with Gasteiger partial charge in [0.05, 0.1) is 16.4 Å². The number of pyridine rings is 1. The third kappa shape index (κ3) is 2.04. The van der Waals surface area contributed by atoms with E-state index in [4.69, 9.17) is 0 Å². The first-order valence-electron chi connectivity index (χ1n) is 6.26. The van der Waals surface area contributed by atoms with Crippen LogP contribution in [0.2, 0.25) is 0 Å². The molecule has 1 N–H and O–H groups in total. The maximum Gasteiger partial charge on any atom is 0.183 e. The second-order valence-corrected chi connectivity index (χ2v) is 5.29. The lowest BCUT2D eigenvalue weighted by molar-refractivity contribution is 0.833. The fourth-order valence-electron chi connectivity index (χ4n) is 1.97. The zero-order valence-corrected chi connectivity index (χ0v) is 11.1. The van der Waals surface area contributed by atoms with Crippen LogP contribution in [0.15, 0.2) is 30.5 Å². The lowest BCUT2D eigenvalue weighted by Crippen LogP contribution is -1.99. The van der Waals surface area contributed by atoms with Gasteiger partial charge < -0.3 is 5.32 Å². The molecule has 0 aliphatic carbocycles. The summed E-state index contributed by atoms with van der Waals surface area (Å²) >= 11 is 1.71. The number of aromatic nitrogens is 2. The second kappa shape index (κ2) is 4.90. The molecular weight excluding hydrogens is 242 g/mol. The standard InChI is InChI=1S/C14H15N3S/c1-2-3-8-15-14-17-12-9-16-11-7-5-4-6-10(11)13(12)18-14/h4-7,9H,2-3,8H2,1H3,(H,15,17). The normalized spacial score (nSPS) is 11.2. The van der Waals surface area contributed by atoms with E-state index in [0.29, 0.717) is 0 Å². The third-order valence-electron chi connectivity index (χ3n) is 2.93. The Labute approximate surface area is 110 Å². The van der Waals surface area contributed by atoms with Gasteiger partial charge in [-0.2, -0.15) is 0 Å². The Hall–Kier alpha value is -1.68. The summed E-state index contributed by atoms with van der Waals surface area (Å²) in [6, 6.07) is 8.22. The first-order valence-corrected chi connectivity index (χ1v) is 7.08. The van der Waals surface area contributed by atoms with Crippen LogP contribution in [0.4, 0.5) is 5.13 Å². The zero-order chi connectivity index (χ0) is 12.4. The van der Waals surface area contributed by atoms with Gasteiger partial charge in [0.25, 0.3) is 0 Å². The summed E-state index contributed by atoms with van der Waals surface area (Å²) in [6.07, 6.45) is 4.23. The van der Waals surface area contributed by atoms with Crippen molar-refractivity contribution in [2.45, 2.75) is 19.8 Å². The maximum absolute atomic E-state index is 4.58. The van der Waals surface area contributed by atoms with Gasteiger partial charge in [0.15, 0.2) is 5.13 Å². The van der Waals surface area contributed by atoms with Crippen molar-refractivity contribution in [2.75, 3.05) is 11.9 Å². The number of benzene rings is 1. The minimum Gasteiger partial charge on any atom is -0.361 e. The fourth-order valence-corrected chi connectivity index (χ4v) is 2.97. The molecule has 2 aromatic heterocycles. The Morgan fingerprint density at radius 3 is 3.00 bits per heavy atom. The summed E-state index contributed by atoms with van der Waals surface area (Å²) < 4.78 is 1.22. The highest BCUT2D eigenvalue weighted by Gasteiger charge is 2.07. The van der Waals surface area contributed by atoms with Gasteiger partial charge >= 0.3 is 0 Å². The van der Waals surface area contributed by atoms with Crippen LogP contribution in [0, 0.1) is 0 Å². The van der Waals surface area contributed by atoms with E-state index < -0.39 is 0 Å². The highest BCUT2D eigenvalue weighted by molar-refractivity contribution is 7.23. The van der Waals surface area contributed by atoms with Gasteiger partial charge in [-0.3, -0.25) is 4.98 Å². The molecule has 92 valence electrons. The van der Waals surface area contributed by atoms with E-state index in [1.807, 2.05) is 24.4 Å². The van der Waals surface area contributed by atoms with Crippen LogP contribution in [0.25, 0.3) is 21.1 Å². The summed E-state index contributed by atoms with van der Waals surface area (Å²) in [6.45, 7) is 3.18. The number of unbranched alkanes of at least 4 members (excludes halogenated alkanes) is 1. The van der Waals surface area contributed by atoms with E-state index in [2.05, 4.69) is 28.3 Å². The van der Waals surface area contributed by atoms with Crippen LogP contribution < -0.4 is 5.32 Å². The number of thiazole rings is 1. The highest BCUT2D eigenvalue weighted by Crippen LogP contribution is 2.31. The molecule has 0 amide bonds. The molecule has 1 aromatic carbocycles. The summed E-state index contributed by atoms with van der Waals surface area (Å²) in [7, 11) is 0. The van der Waals surface area contributed by atoms with Crippen molar-refractivity contribution in [1.29, 1.82) is 0 Å². The molecule has 3 nitrogen and oxygen atoms in total. The van der Waals surface area contributed by atoms with E-state index in [9.17, 15) is 0 Å². The molecule has 18 heavy (non-hydrogen) atoms. The SMILES string of the molecule is CCCCNc1nc2cnc3ccccc3c2s1. The Morgan fingerprint density at radius 1 is 1.22 bits per heavy atom. The first kappa shape index (κ1) is 11.4. The van der Waals surface area contributed by atoms with E-state index >= 15 is 0 Å². The summed E-state index contributed by atoms with van der Waals surface area (Å²) in [5.74, 6) is 0. The van der Waals surface area contributed by atoms with Gasteiger partial charge in [-0.15, -0.1) is 0 Å². The van der Waals surface area contributed by atoms with Gasteiger partial charge in [-0.25, -0.2) is 4.98 Å². The number of nitrogens with one attached hydrogen (secondary N) is 1. The Kier molecular flexibility index (Phi) is 3.11. The van der Waals surface area contributed by atoms with Crippen molar-refractivity contribution >= 4 is 37.6 Å². The highest BCUT2D eigenvalue weighted by atomic mass is 32.1. The van der Waals surface area contributed by atoms with E-state index in [-0.39, 0.29) is 0 Å². The zero-order valence-electron chi connectivity index (χ0n) is 10.3. The molecular formula is C14H15N3S. The molecule has 2 heterocycles. The van der Waals surface area contributed by atoms with Crippen LogP contribution in [0.5, 0.6) is 0 Å². The molecule has 0 radical (unpaired) electrons. The molecule has 3 rings (SSSR count). The molecule has 0 fully saturated rings. The van der Waals surface area contributed by atoms with Crippen molar-refractivity contribution in [2.24, 2.45) is 0 Å². The van der Waals surface area contributed by atoms with Gasteiger partial charge in [-0.1, -0.05) is 42.9 Å². The number of anilines is 1. The van der Waals surface area contributed by atoms with Crippen molar-refractivity contribution in [3.8, 4) is 0 Å². The first-order chi connectivity index (χ1) is 8.88. The number of para-hydroxylation sites is 1. The number of hydrogen-bond acceptors (Lipinski definition) is 4. The topological polar surface area (TPSA) is 37.8 Å². The van der Waals surface area contributed by atoms with Gasteiger partial charge in [0.1, 0.15) is 5.52 Å². The van der Waals surface area contributed by atoms with Gasteiger partial charge in [0.2, 0.25) is 0 Å². The van der Waals surface area contributed by atoms with Crippen molar-refractivity contribution in [1.82, 2.24) is 9.97 Å². The molecule has 0 unspecified atom stereocenters. The molecule has 0 aliphatic rings. The Morgan fingerprint density at radius 2 is 2.11 bits per heavy atom. The Bertz CT molecular complexity index is 675. The van der Waals surface area contributed by atoms with E-state index in [1.54, 1.807) is 11.3 Å². The van der Waals surface area contributed by atoms with E-state index in [1.165, 1.54) is 22.9 Å². The van der Waals surface area contributed by atoms with Crippen LogP contribution in [-0.4, -0.2) is 16.5 Å². The predicted octanol–water partition coefficient (Wildman–Crippen LogP) is 4.06. The largest absolute Gasteiger partial charge is 0.361 e. The van der Waals surface area contributed by atoms with Crippen molar-refractivity contribution in [3.05, 3.63) is 30.5 Å². The average molecular weight is 257 g/mol. The van der Waals surface area contributed by atoms with Crippen molar-refractivity contribution < 1.29 is 0 Å². The minimum absolute atomic E-state index is 0.984. The Balaban J connectivity index is 2.03. The summed E-state index contributed by atoms with van der Waals surface area (Å²) in [5.41, 5.74) is 2.02. The number of fused-ring (bicyclic) bond motifs is 3. The molecule has 0 spiro atoms. The number of hydrogen-bond donors (Lipinski definition) is 1. The lowest BCUT2D eigenvalue weighted by Gasteiger charge is -1.98. The van der Waals surface area contributed by atoms with E-state index in [0.717, 1.165) is 22.7 Å². The number of rotatable bonds is 4. The fraction of sp³-hybridized carbons (Fsp3) is 0.286. The summed E-state index contributed by atoms with van der Waals surface area (Å²) in [4.78, 5) is 9.02. The lowest BCUT2D eigenvalue weighted by atomic mass is 10.2. The molecule has 4 heteroatoms. The molecule has 0 saturated carbocycles. The summed E-state index contributed by atoms with van der Waals surface area (Å²) in [5, 5.41) is 5.57. The molecule has 0 aliphatic heterocycles. The second-order valence-electron chi connectivity index (χ2n) is 4.29. The van der Waals surface area contributed by atoms with Gasteiger partial charge in [0, 0.05) is 11.9 Å². The van der Waals surface area contributed by atoms with Crippen LogP contribution in [0.3, 0.4) is 0 Å². The quantitative estimate of drug-likeness (QED) is 0.716. The predicted molar refractivity (Wildman–Crippen MR) is 78.3 cm³/mol. The maximum atomic E-state index is 4.58. The number of nitrogens with zero attached hydrogens (tertiary/aromatic N) is 2. The molecule has 0 saturated heterocycles. The van der Waals surface area contributed by atoms with Crippen molar-refractivity contribution in [3.63, 3.8) is 0 Å². The van der Waals surface area contributed by atoms with Crippen LogP contribution in [0.1, 0.15) is 19.8 Å². The molecule has 3 aromatic rings. The molecule has 0 bridgehead atoms. The van der Waals surface area contributed by atoms with Crippen LogP contribution >= 0.6 is 11.3 Å².